The lowest BCUT2D eigenvalue weighted by atomic mass is 9.99. The first-order valence-electron chi connectivity index (χ1n) is 6.14. The predicted octanol–water partition coefficient (Wildman–Crippen LogP) is 1.35. The average Bonchev–Trinajstić information content (AvgIpc) is 2.82. The first-order chi connectivity index (χ1) is 8.34. The van der Waals surface area contributed by atoms with Gasteiger partial charge in [-0.25, -0.2) is 0 Å². The fraction of sp³-hybridized carbons (Fsp3) is 0.538. The summed E-state index contributed by atoms with van der Waals surface area (Å²) < 4.78 is 5.29. The Balaban J connectivity index is 1.69. The average molecular weight is 232 g/mol. The topological polar surface area (TPSA) is 42.4 Å². The molecule has 1 aromatic heterocycles. The summed E-state index contributed by atoms with van der Waals surface area (Å²) >= 11 is 0. The molecule has 0 saturated carbocycles. The molecule has 4 nitrogen and oxygen atoms in total. The summed E-state index contributed by atoms with van der Waals surface area (Å²) in [5, 5.41) is 0. The van der Waals surface area contributed by atoms with Gasteiger partial charge < -0.3 is 9.64 Å². The van der Waals surface area contributed by atoms with Crippen molar-refractivity contribution in [1.82, 2.24) is 9.88 Å². The highest BCUT2D eigenvalue weighted by Crippen LogP contribution is 2.25. The summed E-state index contributed by atoms with van der Waals surface area (Å²) in [5.41, 5.74) is 2.24. The van der Waals surface area contributed by atoms with E-state index in [1.165, 1.54) is 5.56 Å². The van der Waals surface area contributed by atoms with Crippen LogP contribution >= 0.6 is 0 Å². The third-order valence-corrected chi connectivity index (χ3v) is 3.57. The monoisotopic (exact) mass is 232 g/mol. The molecular formula is C13H16N2O2. The van der Waals surface area contributed by atoms with Gasteiger partial charge in [-0.2, -0.15) is 0 Å². The second-order valence-corrected chi connectivity index (χ2v) is 4.69. The van der Waals surface area contributed by atoms with Crippen molar-refractivity contribution in [2.75, 3.05) is 13.2 Å². The summed E-state index contributed by atoms with van der Waals surface area (Å²) in [5.74, 6) is 0.421. The molecule has 0 radical (unpaired) electrons. The van der Waals surface area contributed by atoms with Gasteiger partial charge in [0.25, 0.3) is 0 Å². The smallest absolute Gasteiger partial charge is 0.226 e. The van der Waals surface area contributed by atoms with Gasteiger partial charge in [-0.3, -0.25) is 9.78 Å². The van der Waals surface area contributed by atoms with Gasteiger partial charge in [-0.1, -0.05) is 6.07 Å². The van der Waals surface area contributed by atoms with Crippen LogP contribution in [0.4, 0.5) is 0 Å². The highest BCUT2D eigenvalue weighted by Gasteiger charge is 2.30. The molecule has 90 valence electrons. The van der Waals surface area contributed by atoms with Crippen LogP contribution in [0.3, 0.4) is 0 Å². The molecule has 2 aliphatic heterocycles. The summed E-state index contributed by atoms with van der Waals surface area (Å²) in [6, 6.07) is 3.99. The molecule has 3 rings (SSSR count). The van der Waals surface area contributed by atoms with Crippen LogP contribution in [-0.2, 0) is 22.6 Å². The lowest BCUT2D eigenvalue weighted by molar-refractivity contribution is -0.139. The summed E-state index contributed by atoms with van der Waals surface area (Å²) in [6.07, 6.45) is 3.51. The maximum atomic E-state index is 12.3. The van der Waals surface area contributed by atoms with Crippen LogP contribution in [0.25, 0.3) is 0 Å². The van der Waals surface area contributed by atoms with E-state index in [0.29, 0.717) is 6.54 Å². The van der Waals surface area contributed by atoms with Gasteiger partial charge in [0.15, 0.2) is 0 Å². The number of carbonyl (C=O) groups is 1. The lowest BCUT2D eigenvalue weighted by Gasteiger charge is -2.25. The van der Waals surface area contributed by atoms with E-state index in [1.54, 1.807) is 6.20 Å². The van der Waals surface area contributed by atoms with Crippen LogP contribution in [0.1, 0.15) is 24.1 Å². The number of pyridine rings is 1. The van der Waals surface area contributed by atoms with E-state index in [0.717, 1.165) is 38.3 Å². The standard InChI is InChI=1S/C13H16N2O2/c16-13(10-3-6-17-7-4-10)15-8-11-2-1-5-14-12(11)9-15/h1-2,5,10H,3-4,6-9H2. The van der Waals surface area contributed by atoms with Gasteiger partial charge in [-0.15, -0.1) is 0 Å². The number of nitrogens with zero attached hydrogens (tertiary/aromatic N) is 2. The molecule has 0 spiro atoms. The molecule has 0 aliphatic carbocycles. The molecule has 4 heteroatoms. The molecule has 3 heterocycles. The van der Waals surface area contributed by atoms with Crippen molar-refractivity contribution in [2.24, 2.45) is 5.92 Å². The molecule has 1 aromatic rings. The van der Waals surface area contributed by atoms with E-state index in [2.05, 4.69) is 11.1 Å². The zero-order valence-corrected chi connectivity index (χ0v) is 9.76. The van der Waals surface area contributed by atoms with Crippen molar-refractivity contribution in [3.63, 3.8) is 0 Å². The van der Waals surface area contributed by atoms with Crippen molar-refractivity contribution in [3.8, 4) is 0 Å². The Kier molecular flexibility index (Phi) is 2.81. The SMILES string of the molecule is O=C(C1CCOCC1)N1Cc2cccnc2C1. The predicted molar refractivity (Wildman–Crippen MR) is 62.0 cm³/mol. The van der Waals surface area contributed by atoms with Crippen LogP contribution in [0, 0.1) is 5.92 Å². The Hall–Kier alpha value is -1.42. The fourth-order valence-electron chi connectivity index (χ4n) is 2.56. The number of hydrogen-bond acceptors (Lipinski definition) is 3. The minimum Gasteiger partial charge on any atom is -0.381 e. The van der Waals surface area contributed by atoms with E-state index in [1.807, 2.05) is 11.0 Å². The summed E-state index contributed by atoms with van der Waals surface area (Å²) in [4.78, 5) is 18.6. The second-order valence-electron chi connectivity index (χ2n) is 4.69. The largest absolute Gasteiger partial charge is 0.381 e. The molecule has 0 aromatic carbocycles. The third-order valence-electron chi connectivity index (χ3n) is 3.57. The first-order valence-corrected chi connectivity index (χ1v) is 6.14. The second kappa shape index (κ2) is 4.45. The van der Waals surface area contributed by atoms with Gasteiger partial charge in [0, 0.05) is 31.9 Å². The molecule has 1 saturated heterocycles. The van der Waals surface area contributed by atoms with Gasteiger partial charge >= 0.3 is 0 Å². The number of rotatable bonds is 1. The quantitative estimate of drug-likeness (QED) is 0.734. The molecule has 0 bridgehead atoms. The van der Waals surface area contributed by atoms with E-state index in [9.17, 15) is 4.79 Å². The molecule has 0 atom stereocenters. The molecule has 0 N–H and O–H groups in total. The Bertz CT molecular complexity index is 402. The number of carbonyl (C=O) groups excluding carboxylic acids is 1. The Morgan fingerprint density at radius 1 is 1.35 bits per heavy atom. The van der Waals surface area contributed by atoms with Gasteiger partial charge in [0.1, 0.15) is 0 Å². The number of amides is 1. The number of aromatic nitrogens is 1. The Morgan fingerprint density at radius 3 is 2.94 bits per heavy atom. The third kappa shape index (κ3) is 2.05. The maximum Gasteiger partial charge on any atom is 0.226 e. The van der Waals surface area contributed by atoms with E-state index < -0.39 is 0 Å². The molecule has 0 unspecified atom stereocenters. The molecule has 17 heavy (non-hydrogen) atoms. The molecule has 1 fully saturated rings. The van der Waals surface area contributed by atoms with Crippen LogP contribution in [0.15, 0.2) is 18.3 Å². The molecule has 2 aliphatic rings. The van der Waals surface area contributed by atoms with Crippen molar-refractivity contribution < 1.29 is 9.53 Å². The zero-order chi connectivity index (χ0) is 11.7. The van der Waals surface area contributed by atoms with Crippen molar-refractivity contribution in [2.45, 2.75) is 25.9 Å². The van der Waals surface area contributed by atoms with E-state index in [4.69, 9.17) is 4.74 Å². The fourth-order valence-corrected chi connectivity index (χ4v) is 2.56. The zero-order valence-electron chi connectivity index (χ0n) is 9.76. The van der Waals surface area contributed by atoms with Crippen LogP contribution in [0.5, 0.6) is 0 Å². The lowest BCUT2D eigenvalue weighted by Crippen LogP contribution is -2.35. The van der Waals surface area contributed by atoms with E-state index >= 15 is 0 Å². The van der Waals surface area contributed by atoms with E-state index in [-0.39, 0.29) is 11.8 Å². The normalized spacial score (nSPS) is 20.4. The minimum absolute atomic E-state index is 0.151. The summed E-state index contributed by atoms with van der Waals surface area (Å²) in [6.45, 7) is 2.83. The number of fused-ring (bicyclic) bond motifs is 1. The van der Waals surface area contributed by atoms with Crippen molar-refractivity contribution in [3.05, 3.63) is 29.6 Å². The number of ether oxygens (including phenoxy) is 1. The van der Waals surface area contributed by atoms with Crippen LogP contribution in [0.2, 0.25) is 0 Å². The van der Waals surface area contributed by atoms with Crippen molar-refractivity contribution in [1.29, 1.82) is 0 Å². The van der Waals surface area contributed by atoms with Crippen LogP contribution < -0.4 is 0 Å². The minimum atomic E-state index is 0.151. The highest BCUT2D eigenvalue weighted by molar-refractivity contribution is 5.79. The van der Waals surface area contributed by atoms with Crippen molar-refractivity contribution >= 4 is 5.91 Å². The Labute approximate surface area is 101 Å². The Morgan fingerprint density at radius 2 is 2.18 bits per heavy atom. The first kappa shape index (κ1) is 10.7. The maximum absolute atomic E-state index is 12.3. The van der Waals surface area contributed by atoms with Gasteiger partial charge in [0.05, 0.1) is 12.2 Å². The van der Waals surface area contributed by atoms with Crippen LogP contribution in [-0.4, -0.2) is 29.0 Å². The molecule has 1 amide bonds. The summed E-state index contributed by atoms with van der Waals surface area (Å²) in [7, 11) is 0. The van der Waals surface area contributed by atoms with Gasteiger partial charge in [-0.05, 0) is 24.5 Å². The van der Waals surface area contributed by atoms with Gasteiger partial charge in [0.2, 0.25) is 5.91 Å². The molecular weight excluding hydrogens is 216 g/mol. The highest BCUT2D eigenvalue weighted by atomic mass is 16.5. The number of hydrogen-bond donors (Lipinski definition) is 0.